The number of halogens is 2. The summed E-state index contributed by atoms with van der Waals surface area (Å²) >= 11 is 3.48. The Morgan fingerprint density at radius 1 is 0.903 bits per heavy atom. The number of benzene rings is 3. The first kappa shape index (κ1) is 20.7. The predicted octanol–water partition coefficient (Wildman–Crippen LogP) is 4.85. The summed E-state index contributed by atoms with van der Waals surface area (Å²) in [5.41, 5.74) is 2.22. The smallest absolute Gasteiger partial charge is 0.273 e. The van der Waals surface area contributed by atoms with Crippen LogP contribution in [0, 0.1) is 5.82 Å². The van der Waals surface area contributed by atoms with Gasteiger partial charge in [-0.25, -0.2) is 14.1 Å². The summed E-state index contributed by atoms with van der Waals surface area (Å²) in [6.07, 6.45) is 1.82. The van der Waals surface area contributed by atoms with Crippen molar-refractivity contribution in [2.75, 3.05) is 4.90 Å². The van der Waals surface area contributed by atoms with Crippen LogP contribution >= 0.6 is 15.9 Å². The van der Waals surface area contributed by atoms with E-state index in [9.17, 15) is 18.8 Å². The molecule has 1 fully saturated rings. The maximum atomic E-state index is 14.0. The molecule has 3 aromatic carbocycles. The number of imide groups is 2. The molecule has 5 nitrogen and oxygen atoms in total. The van der Waals surface area contributed by atoms with Crippen molar-refractivity contribution in [3.05, 3.63) is 105 Å². The average Bonchev–Trinajstić information content (AvgIpc) is 2.75. The van der Waals surface area contributed by atoms with Crippen LogP contribution < -0.4 is 10.2 Å². The lowest BCUT2D eigenvalue weighted by Gasteiger charge is -2.26. The fourth-order valence-electron chi connectivity index (χ4n) is 3.28. The van der Waals surface area contributed by atoms with Gasteiger partial charge in [0.05, 0.1) is 5.69 Å². The summed E-state index contributed by atoms with van der Waals surface area (Å²) in [4.78, 5) is 38.4. The van der Waals surface area contributed by atoms with E-state index < -0.39 is 17.8 Å². The first-order chi connectivity index (χ1) is 14.9. The summed E-state index contributed by atoms with van der Waals surface area (Å²) in [6, 6.07) is 19.4. The fourth-order valence-corrected chi connectivity index (χ4v) is 3.82. The van der Waals surface area contributed by atoms with Crippen LogP contribution in [0.4, 0.5) is 14.9 Å². The first-order valence-corrected chi connectivity index (χ1v) is 10.2. The molecule has 1 aliphatic heterocycles. The average molecular weight is 479 g/mol. The highest BCUT2D eigenvalue weighted by atomic mass is 79.9. The molecule has 4 rings (SSSR count). The van der Waals surface area contributed by atoms with Gasteiger partial charge in [-0.15, -0.1) is 0 Å². The molecule has 1 aliphatic rings. The fraction of sp³-hybridized carbons (Fsp3) is 0.0417. The lowest BCUT2D eigenvalue weighted by atomic mass is 10.0. The Morgan fingerprint density at radius 3 is 2.32 bits per heavy atom. The van der Waals surface area contributed by atoms with Crippen LogP contribution in [0.5, 0.6) is 0 Å². The van der Waals surface area contributed by atoms with E-state index in [0.717, 1.165) is 10.5 Å². The van der Waals surface area contributed by atoms with Crippen molar-refractivity contribution < 1.29 is 18.8 Å². The van der Waals surface area contributed by atoms with Gasteiger partial charge in [-0.05, 0) is 47.0 Å². The van der Waals surface area contributed by atoms with E-state index in [1.807, 2.05) is 0 Å². The number of para-hydroxylation sites is 1. The molecule has 1 N–H and O–H groups in total. The van der Waals surface area contributed by atoms with E-state index in [4.69, 9.17) is 0 Å². The van der Waals surface area contributed by atoms with E-state index >= 15 is 0 Å². The first-order valence-electron chi connectivity index (χ1n) is 9.42. The quantitative estimate of drug-likeness (QED) is 0.430. The monoisotopic (exact) mass is 478 g/mol. The second-order valence-electron chi connectivity index (χ2n) is 6.91. The summed E-state index contributed by atoms with van der Waals surface area (Å²) in [7, 11) is 0. The van der Waals surface area contributed by atoms with E-state index in [0.29, 0.717) is 27.7 Å². The molecule has 154 valence electrons. The highest BCUT2D eigenvalue weighted by molar-refractivity contribution is 9.10. The Labute approximate surface area is 186 Å². The van der Waals surface area contributed by atoms with Gasteiger partial charge in [-0.3, -0.25) is 14.9 Å². The van der Waals surface area contributed by atoms with Gasteiger partial charge in [0.15, 0.2) is 0 Å². The van der Waals surface area contributed by atoms with Crippen LogP contribution in [0.1, 0.15) is 16.7 Å². The van der Waals surface area contributed by atoms with Crippen molar-refractivity contribution in [2.45, 2.75) is 6.42 Å². The molecule has 0 bridgehead atoms. The summed E-state index contributed by atoms with van der Waals surface area (Å²) in [5.74, 6) is -1.74. The zero-order valence-electron chi connectivity index (χ0n) is 16.1. The van der Waals surface area contributed by atoms with Crippen LogP contribution in [0.3, 0.4) is 0 Å². The van der Waals surface area contributed by atoms with Gasteiger partial charge in [0.2, 0.25) is 0 Å². The molecule has 4 amide bonds. The Kier molecular flexibility index (Phi) is 5.77. The van der Waals surface area contributed by atoms with Crippen molar-refractivity contribution in [2.24, 2.45) is 0 Å². The van der Waals surface area contributed by atoms with Crippen molar-refractivity contribution in [1.82, 2.24) is 5.32 Å². The SMILES string of the molecule is O=C1NC(=O)N(c2ccccc2)C(=O)/C1=C/c1ccc(Cc2ccccc2F)c(Br)c1. The highest BCUT2D eigenvalue weighted by Crippen LogP contribution is 2.26. The van der Waals surface area contributed by atoms with Crippen molar-refractivity contribution in [3.8, 4) is 0 Å². The zero-order chi connectivity index (χ0) is 22.0. The van der Waals surface area contributed by atoms with Crippen LogP contribution in [0.15, 0.2) is 82.8 Å². The second-order valence-corrected chi connectivity index (χ2v) is 7.77. The van der Waals surface area contributed by atoms with Gasteiger partial charge >= 0.3 is 6.03 Å². The number of anilines is 1. The van der Waals surface area contributed by atoms with Gasteiger partial charge < -0.3 is 0 Å². The molecule has 31 heavy (non-hydrogen) atoms. The molecule has 0 radical (unpaired) electrons. The molecule has 1 saturated heterocycles. The Bertz CT molecular complexity index is 1220. The van der Waals surface area contributed by atoms with Crippen LogP contribution in [0.2, 0.25) is 0 Å². The molecule has 3 aromatic rings. The number of barbiturate groups is 1. The molecule has 0 atom stereocenters. The minimum atomic E-state index is -0.792. The number of carbonyl (C=O) groups is 3. The maximum Gasteiger partial charge on any atom is 0.335 e. The van der Waals surface area contributed by atoms with E-state index in [1.54, 1.807) is 66.7 Å². The lowest BCUT2D eigenvalue weighted by Crippen LogP contribution is -2.54. The maximum absolute atomic E-state index is 14.0. The molecule has 0 aromatic heterocycles. The topological polar surface area (TPSA) is 66.5 Å². The van der Waals surface area contributed by atoms with Gasteiger partial charge in [-0.1, -0.05) is 64.5 Å². The third kappa shape index (κ3) is 4.32. The number of nitrogens with zero attached hydrogens (tertiary/aromatic N) is 1. The summed E-state index contributed by atoms with van der Waals surface area (Å²) in [5, 5.41) is 2.20. The molecule has 0 spiro atoms. The van der Waals surface area contributed by atoms with Crippen molar-refractivity contribution >= 4 is 45.5 Å². The van der Waals surface area contributed by atoms with E-state index in [2.05, 4.69) is 21.2 Å². The largest absolute Gasteiger partial charge is 0.335 e. The molecule has 1 heterocycles. The van der Waals surface area contributed by atoms with Gasteiger partial charge in [-0.2, -0.15) is 0 Å². The third-order valence-corrected chi connectivity index (χ3v) is 5.58. The number of carbonyl (C=O) groups excluding carboxylic acids is 3. The van der Waals surface area contributed by atoms with Gasteiger partial charge in [0, 0.05) is 10.9 Å². The number of amides is 4. The molecule has 0 aliphatic carbocycles. The van der Waals surface area contributed by atoms with Gasteiger partial charge in [0.1, 0.15) is 11.4 Å². The summed E-state index contributed by atoms with van der Waals surface area (Å²) < 4.78 is 14.7. The zero-order valence-corrected chi connectivity index (χ0v) is 17.7. The minimum Gasteiger partial charge on any atom is -0.273 e. The van der Waals surface area contributed by atoms with E-state index in [-0.39, 0.29) is 11.4 Å². The van der Waals surface area contributed by atoms with Gasteiger partial charge in [0.25, 0.3) is 11.8 Å². The van der Waals surface area contributed by atoms with Crippen LogP contribution in [-0.2, 0) is 16.0 Å². The molecular formula is C24H16BrFN2O3. The van der Waals surface area contributed by atoms with Crippen LogP contribution in [0.25, 0.3) is 6.08 Å². The van der Waals surface area contributed by atoms with Crippen molar-refractivity contribution in [1.29, 1.82) is 0 Å². The number of rotatable bonds is 4. The highest BCUT2D eigenvalue weighted by Gasteiger charge is 2.36. The second kappa shape index (κ2) is 8.65. The molecule has 7 heteroatoms. The Hall–Kier alpha value is -3.58. The minimum absolute atomic E-state index is 0.155. The lowest BCUT2D eigenvalue weighted by molar-refractivity contribution is -0.122. The number of urea groups is 1. The Morgan fingerprint density at radius 2 is 1.61 bits per heavy atom. The van der Waals surface area contributed by atoms with Crippen LogP contribution in [-0.4, -0.2) is 17.8 Å². The molecule has 0 saturated carbocycles. The number of nitrogens with one attached hydrogen (secondary N) is 1. The summed E-state index contributed by atoms with van der Waals surface area (Å²) in [6.45, 7) is 0. The Balaban J connectivity index is 1.63. The number of hydrogen-bond acceptors (Lipinski definition) is 3. The van der Waals surface area contributed by atoms with Crippen molar-refractivity contribution in [3.63, 3.8) is 0 Å². The molecule has 0 unspecified atom stereocenters. The normalized spacial score (nSPS) is 15.4. The molecular weight excluding hydrogens is 463 g/mol. The predicted molar refractivity (Wildman–Crippen MR) is 119 cm³/mol. The number of hydrogen-bond donors (Lipinski definition) is 1. The van der Waals surface area contributed by atoms with E-state index in [1.165, 1.54) is 12.1 Å². The third-order valence-electron chi connectivity index (χ3n) is 4.84. The standard InChI is InChI=1S/C24H16BrFN2O3/c25-20-13-15(10-11-16(20)14-17-6-4-5-9-21(17)26)12-19-22(29)27-24(31)28(23(19)30)18-7-2-1-3-8-18/h1-13H,14H2,(H,27,29,31)/b19-12+.